The van der Waals surface area contributed by atoms with Crippen LogP contribution in [0.1, 0.15) is 11.4 Å². The van der Waals surface area contributed by atoms with Crippen LogP contribution in [0.25, 0.3) is 0 Å². The molecule has 7 heteroatoms. The first-order valence-corrected chi connectivity index (χ1v) is 7.09. The van der Waals surface area contributed by atoms with Crippen molar-refractivity contribution < 1.29 is 9.47 Å². The van der Waals surface area contributed by atoms with Gasteiger partial charge in [0.1, 0.15) is 17.6 Å². The largest absolute Gasteiger partial charge is 0.493 e. The third-order valence-corrected chi connectivity index (χ3v) is 3.84. The third kappa shape index (κ3) is 3.08. The fraction of sp³-hybridized carbons (Fsp3) is 0.308. The van der Waals surface area contributed by atoms with E-state index in [2.05, 4.69) is 20.9 Å². The molecule has 0 aliphatic heterocycles. The molecule has 2 aromatic rings. The monoisotopic (exact) mass is 359 g/mol. The summed E-state index contributed by atoms with van der Waals surface area (Å²) in [5.74, 6) is 1.97. The molecule has 0 aliphatic carbocycles. The van der Waals surface area contributed by atoms with Crippen LogP contribution in [-0.2, 0) is 20.2 Å². The Morgan fingerprint density at radius 3 is 2.75 bits per heavy atom. The van der Waals surface area contributed by atoms with Gasteiger partial charge in [-0.05, 0) is 33.6 Å². The Balaban J connectivity index is 2.23. The van der Waals surface area contributed by atoms with Crippen LogP contribution in [0.15, 0.2) is 22.8 Å². The van der Waals surface area contributed by atoms with Crippen LogP contribution in [0.5, 0.6) is 11.5 Å². The van der Waals surface area contributed by atoms with Gasteiger partial charge in [0.25, 0.3) is 0 Å². The Labute approximate surface area is 130 Å². The van der Waals surface area contributed by atoms with Gasteiger partial charge in [0.2, 0.25) is 0 Å². The summed E-state index contributed by atoms with van der Waals surface area (Å²) in [4.78, 5) is 4.18. The standard InChI is InChI=1S/C13H15BrClN3O2/c1-18-11(15)6-17-12(18)7-20-13-9(14)3-8(5-16)4-10(13)19-2/h3-4,6H,5,7,16H2,1-2H3. The van der Waals surface area contributed by atoms with Crippen LogP contribution in [0, 0.1) is 0 Å². The maximum absolute atomic E-state index is 5.94. The van der Waals surface area contributed by atoms with Crippen molar-refractivity contribution in [2.45, 2.75) is 13.2 Å². The van der Waals surface area contributed by atoms with E-state index in [1.807, 2.05) is 19.2 Å². The van der Waals surface area contributed by atoms with Gasteiger partial charge in [-0.25, -0.2) is 4.98 Å². The highest BCUT2D eigenvalue weighted by molar-refractivity contribution is 9.10. The summed E-state index contributed by atoms with van der Waals surface area (Å²) in [5.41, 5.74) is 6.59. The van der Waals surface area contributed by atoms with E-state index in [1.165, 1.54) is 0 Å². The summed E-state index contributed by atoms with van der Waals surface area (Å²) in [6, 6.07) is 3.76. The van der Waals surface area contributed by atoms with E-state index >= 15 is 0 Å². The normalized spacial score (nSPS) is 10.7. The predicted octanol–water partition coefficient (Wildman–Crippen LogP) is 2.88. The first-order chi connectivity index (χ1) is 9.56. The average Bonchev–Trinajstić information content (AvgIpc) is 2.76. The predicted molar refractivity (Wildman–Crippen MR) is 81.1 cm³/mol. The molecule has 20 heavy (non-hydrogen) atoms. The molecule has 0 saturated carbocycles. The highest BCUT2D eigenvalue weighted by Gasteiger charge is 2.13. The van der Waals surface area contributed by atoms with Gasteiger partial charge in [-0.2, -0.15) is 0 Å². The van der Waals surface area contributed by atoms with E-state index in [0.29, 0.717) is 29.8 Å². The van der Waals surface area contributed by atoms with Gasteiger partial charge in [-0.3, -0.25) is 0 Å². The summed E-state index contributed by atoms with van der Waals surface area (Å²) >= 11 is 9.40. The number of nitrogens with zero attached hydrogens (tertiary/aromatic N) is 2. The summed E-state index contributed by atoms with van der Waals surface area (Å²) in [7, 11) is 3.42. The number of ether oxygens (including phenoxy) is 2. The minimum atomic E-state index is 0.292. The zero-order valence-electron chi connectivity index (χ0n) is 11.2. The van der Waals surface area contributed by atoms with Crippen molar-refractivity contribution in [3.63, 3.8) is 0 Å². The van der Waals surface area contributed by atoms with Gasteiger partial charge < -0.3 is 19.8 Å². The summed E-state index contributed by atoms with van der Waals surface area (Å²) in [6.45, 7) is 0.727. The number of benzene rings is 1. The van der Waals surface area contributed by atoms with Crippen LogP contribution < -0.4 is 15.2 Å². The Morgan fingerprint density at radius 2 is 2.20 bits per heavy atom. The highest BCUT2D eigenvalue weighted by atomic mass is 79.9. The minimum Gasteiger partial charge on any atom is -0.493 e. The zero-order chi connectivity index (χ0) is 14.7. The third-order valence-electron chi connectivity index (χ3n) is 2.90. The molecule has 1 aromatic carbocycles. The van der Waals surface area contributed by atoms with Crippen LogP contribution in [0.3, 0.4) is 0 Å². The van der Waals surface area contributed by atoms with Crippen molar-refractivity contribution in [3.8, 4) is 11.5 Å². The molecule has 0 atom stereocenters. The van der Waals surface area contributed by atoms with Gasteiger partial charge in [0.15, 0.2) is 11.5 Å². The first-order valence-electron chi connectivity index (χ1n) is 5.92. The van der Waals surface area contributed by atoms with Gasteiger partial charge in [-0.15, -0.1) is 0 Å². The quantitative estimate of drug-likeness (QED) is 0.890. The van der Waals surface area contributed by atoms with Gasteiger partial charge in [-0.1, -0.05) is 11.6 Å². The second-order valence-electron chi connectivity index (χ2n) is 4.16. The van der Waals surface area contributed by atoms with E-state index in [1.54, 1.807) is 17.9 Å². The molecule has 1 aromatic heterocycles. The number of hydrogen-bond acceptors (Lipinski definition) is 4. The topological polar surface area (TPSA) is 62.3 Å². The molecule has 0 amide bonds. The van der Waals surface area contributed by atoms with Gasteiger partial charge >= 0.3 is 0 Å². The molecule has 2 N–H and O–H groups in total. The smallest absolute Gasteiger partial charge is 0.176 e. The van der Waals surface area contributed by atoms with Crippen molar-refractivity contribution in [2.24, 2.45) is 12.8 Å². The minimum absolute atomic E-state index is 0.292. The molecule has 108 valence electrons. The lowest BCUT2D eigenvalue weighted by molar-refractivity contribution is 0.271. The number of hydrogen-bond donors (Lipinski definition) is 1. The van der Waals surface area contributed by atoms with Crippen molar-refractivity contribution >= 4 is 27.5 Å². The molecule has 1 heterocycles. The van der Waals surface area contributed by atoms with Crippen LogP contribution >= 0.6 is 27.5 Å². The second-order valence-corrected chi connectivity index (χ2v) is 5.40. The highest BCUT2D eigenvalue weighted by Crippen LogP contribution is 2.37. The summed E-state index contributed by atoms with van der Waals surface area (Å²) < 4.78 is 13.7. The second kappa shape index (κ2) is 6.47. The molecular formula is C13H15BrClN3O2. The van der Waals surface area contributed by atoms with E-state index in [9.17, 15) is 0 Å². The van der Waals surface area contributed by atoms with Gasteiger partial charge in [0, 0.05) is 13.6 Å². The van der Waals surface area contributed by atoms with Crippen LogP contribution in [0.2, 0.25) is 5.15 Å². The SMILES string of the molecule is COc1cc(CN)cc(Br)c1OCc1ncc(Cl)n1C. The van der Waals surface area contributed by atoms with Crippen molar-refractivity contribution in [3.05, 3.63) is 39.3 Å². The number of imidazole rings is 1. The maximum atomic E-state index is 5.94. The number of rotatable bonds is 5. The molecule has 0 spiro atoms. The molecular weight excluding hydrogens is 346 g/mol. The van der Waals surface area contributed by atoms with Crippen LogP contribution in [-0.4, -0.2) is 16.7 Å². The molecule has 2 rings (SSSR count). The van der Waals surface area contributed by atoms with Crippen molar-refractivity contribution in [1.82, 2.24) is 9.55 Å². The molecule has 0 saturated heterocycles. The van der Waals surface area contributed by atoms with E-state index < -0.39 is 0 Å². The fourth-order valence-electron chi connectivity index (χ4n) is 1.73. The number of methoxy groups -OCH3 is 1. The number of nitrogens with two attached hydrogens (primary N) is 1. The summed E-state index contributed by atoms with van der Waals surface area (Å²) in [5, 5.41) is 0.563. The molecule has 5 nitrogen and oxygen atoms in total. The molecule has 0 radical (unpaired) electrons. The van der Waals surface area contributed by atoms with Crippen molar-refractivity contribution in [2.75, 3.05) is 7.11 Å². The Kier molecular flexibility index (Phi) is 4.91. The molecule has 0 bridgehead atoms. The van der Waals surface area contributed by atoms with Crippen molar-refractivity contribution in [1.29, 1.82) is 0 Å². The number of halogens is 2. The lowest BCUT2D eigenvalue weighted by atomic mass is 10.2. The average molecular weight is 361 g/mol. The zero-order valence-corrected chi connectivity index (χ0v) is 13.5. The lowest BCUT2D eigenvalue weighted by Crippen LogP contribution is -2.05. The van der Waals surface area contributed by atoms with E-state index in [-0.39, 0.29) is 0 Å². The molecule has 0 aliphatic rings. The van der Waals surface area contributed by atoms with Crippen LogP contribution in [0.4, 0.5) is 0 Å². The van der Waals surface area contributed by atoms with Gasteiger partial charge in [0.05, 0.1) is 17.8 Å². The molecule has 0 unspecified atom stereocenters. The molecule has 0 fully saturated rings. The lowest BCUT2D eigenvalue weighted by Gasteiger charge is -2.14. The Bertz CT molecular complexity index is 616. The Morgan fingerprint density at radius 1 is 1.45 bits per heavy atom. The maximum Gasteiger partial charge on any atom is 0.176 e. The fourth-order valence-corrected chi connectivity index (χ4v) is 2.48. The Hall–Kier alpha value is -1.24. The number of aromatic nitrogens is 2. The summed E-state index contributed by atoms with van der Waals surface area (Å²) in [6.07, 6.45) is 1.59. The van der Waals surface area contributed by atoms with E-state index in [0.717, 1.165) is 15.9 Å². The first kappa shape index (κ1) is 15.2. The van der Waals surface area contributed by atoms with E-state index in [4.69, 9.17) is 26.8 Å².